The van der Waals surface area contributed by atoms with E-state index < -0.39 is 5.97 Å². The summed E-state index contributed by atoms with van der Waals surface area (Å²) in [6.07, 6.45) is 1.61. The zero-order valence-electron chi connectivity index (χ0n) is 14.2. The highest BCUT2D eigenvalue weighted by Crippen LogP contribution is 2.29. The number of anilines is 2. The standard InChI is InChI=1S/C16H18ClFN6O2S/c17-11-2-1-10(18)7-12(11)23-3-5-24(6-4-23)16-20-8-13(27-16)15(19)22-21-9-14(25)26/h1-2,7-8,21H,3-6,9H2,(H2,19,22)(H,25,26). The van der Waals surface area contributed by atoms with Gasteiger partial charge in [-0.25, -0.2) is 9.37 Å². The molecule has 2 aromatic rings. The van der Waals surface area contributed by atoms with Crippen LogP contribution in [0.1, 0.15) is 4.88 Å². The average molecular weight is 413 g/mol. The molecule has 11 heteroatoms. The Bertz CT molecular complexity index is 853. The number of aliphatic carboxylic acids is 1. The lowest BCUT2D eigenvalue weighted by atomic mass is 10.2. The topological polar surface area (TPSA) is 107 Å². The summed E-state index contributed by atoms with van der Waals surface area (Å²) in [4.78, 5) is 19.6. The Hall–Kier alpha value is -2.59. The molecule has 0 atom stereocenters. The van der Waals surface area contributed by atoms with Crippen molar-refractivity contribution in [3.05, 3.63) is 40.1 Å². The number of benzene rings is 1. The van der Waals surface area contributed by atoms with E-state index in [1.165, 1.54) is 23.5 Å². The van der Waals surface area contributed by atoms with Crippen molar-refractivity contribution < 1.29 is 14.3 Å². The summed E-state index contributed by atoms with van der Waals surface area (Å²) in [6.45, 7) is 2.46. The first-order chi connectivity index (χ1) is 12.9. The second-order valence-corrected chi connectivity index (χ2v) is 7.22. The summed E-state index contributed by atoms with van der Waals surface area (Å²) in [5.74, 6) is -1.15. The Morgan fingerprint density at radius 2 is 2.07 bits per heavy atom. The van der Waals surface area contributed by atoms with Crippen LogP contribution in [0.5, 0.6) is 0 Å². The molecule has 0 amide bonds. The van der Waals surface area contributed by atoms with E-state index in [2.05, 4.69) is 20.4 Å². The molecule has 0 spiro atoms. The molecular weight excluding hydrogens is 395 g/mol. The molecule has 0 aliphatic carbocycles. The largest absolute Gasteiger partial charge is 0.480 e. The number of rotatable bonds is 6. The third kappa shape index (κ3) is 4.77. The highest BCUT2D eigenvalue weighted by atomic mass is 35.5. The minimum Gasteiger partial charge on any atom is -0.480 e. The molecule has 1 aliphatic rings. The van der Waals surface area contributed by atoms with E-state index in [1.54, 1.807) is 12.3 Å². The highest BCUT2D eigenvalue weighted by Gasteiger charge is 2.22. The van der Waals surface area contributed by atoms with Crippen LogP contribution in [-0.2, 0) is 4.79 Å². The molecule has 1 saturated heterocycles. The molecular formula is C16H18ClFN6O2S. The summed E-state index contributed by atoms with van der Waals surface area (Å²) < 4.78 is 13.5. The summed E-state index contributed by atoms with van der Waals surface area (Å²) >= 11 is 7.56. The van der Waals surface area contributed by atoms with Crippen molar-refractivity contribution in [2.75, 3.05) is 42.5 Å². The van der Waals surface area contributed by atoms with Gasteiger partial charge in [-0.3, -0.25) is 10.2 Å². The van der Waals surface area contributed by atoms with E-state index in [0.29, 0.717) is 41.8 Å². The molecule has 0 unspecified atom stereocenters. The third-order valence-electron chi connectivity index (χ3n) is 3.97. The quantitative estimate of drug-likeness (QED) is 0.375. The lowest BCUT2D eigenvalue weighted by Gasteiger charge is -2.36. The molecule has 3 rings (SSSR count). The fourth-order valence-electron chi connectivity index (χ4n) is 2.64. The summed E-state index contributed by atoms with van der Waals surface area (Å²) in [5, 5.41) is 13.7. The van der Waals surface area contributed by atoms with Gasteiger partial charge in [0, 0.05) is 26.2 Å². The Balaban J connectivity index is 1.61. The first kappa shape index (κ1) is 19.2. The highest BCUT2D eigenvalue weighted by molar-refractivity contribution is 7.17. The molecule has 8 nitrogen and oxygen atoms in total. The van der Waals surface area contributed by atoms with Gasteiger partial charge in [-0.05, 0) is 18.2 Å². The van der Waals surface area contributed by atoms with Crippen molar-refractivity contribution in [2.24, 2.45) is 10.8 Å². The van der Waals surface area contributed by atoms with Gasteiger partial charge in [0.05, 0.1) is 21.8 Å². The van der Waals surface area contributed by atoms with Crippen LogP contribution in [0.4, 0.5) is 15.2 Å². The predicted molar refractivity (Wildman–Crippen MR) is 104 cm³/mol. The van der Waals surface area contributed by atoms with Crippen LogP contribution in [0, 0.1) is 5.82 Å². The molecule has 0 bridgehead atoms. The van der Waals surface area contributed by atoms with Gasteiger partial charge >= 0.3 is 5.97 Å². The lowest BCUT2D eigenvalue weighted by molar-refractivity contribution is -0.135. The number of carbonyl (C=O) groups is 1. The number of hydrogen-bond donors (Lipinski definition) is 3. The molecule has 0 radical (unpaired) electrons. The summed E-state index contributed by atoms with van der Waals surface area (Å²) in [5.41, 5.74) is 8.92. The van der Waals surface area contributed by atoms with Crippen molar-refractivity contribution in [1.82, 2.24) is 10.4 Å². The number of thiazole rings is 1. The molecule has 0 saturated carbocycles. The third-order valence-corrected chi connectivity index (χ3v) is 5.38. The Labute approximate surface area is 164 Å². The van der Waals surface area contributed by atoms with Crippen LogP contribution in [0.25, 0.3) is 0 Å². The van der Waals surface area contributed by atoms with Crippen LogP contribution in [0.15, 0.2) is 29.5 Å². The zero-order valence-corrected chi connectivity index (χ0v) is 15.8. The molecule has 27 heavy (non-hydrogen) atoms. The van der Waals surface area contributed by atoms with Crippen molar-refractivity contribution in [3.8, 4) is 0 Å². The van der Waals surface area contributed by atoms with Crippen LogP contribution in [0.3, 0.4) is 0 Å². The number of carboxylic acid groups (broad SMARTS) is 1. The molecule has 1 aromatic carbocycles. The summed E-state index contributed by atoms with van der Waals surface area (Å²) in [6, 6.07) is 4.35. The Morgan fingerprint density at radius 3 is 2.78 bits per heavy atom. The van der Waals surface area contributed by atoms with Gasteiger partial charge in [0.2, 0.25) is 0 Å². The fourth-order valence-corrected chi connectivity index (χ4v) is 3.75. The first-order valence-electron chi connectivity index (χ1n) is 8.13. The maximum atomic E-state index is 13.5. The number of halogens is 2. The van der Waals surface area contributed by atoms with Crippen molar-refractivity contribution >= 4 is 45.6 Å². The van der Waals surface area contributed by atoms with E-state index >= 15 is 0 Å². The van der Waals surface area contributed by atoms with Gasteiger partial charge in [0.1, 0.15) is 12.4 Å². The van der Waals surface area contributed by atoms with E-state index in [9.17, 15) is 9.18 Å². The number of amidine groups is 1. The van der Waals surface area contributed by atoms with Crippen molar-refractivity contribution in [3.63, 3.8) is 0 Å². The van der Waals surface area contributed by atoms with Crippen LogP contribution in [0.2, 0.25) is 5.02 Å². The van der Waals surface area contributed by atoms with Gasteiger partial charge in [-0.15, -0.1) is 0 Å². The number of aromatic nitrogens is 1. The Kier molecular flexibility index (Phi) is 5.97. The van der Waals surface area contributed by atoms with E-state index in [0.717, 1.165) is 5.13 Å². The lowest BCUT2D eigenvalue weighted by Crippen LogP contribution is -2.46. The second kappa shape index (κ2) is 8.40. The summed E-state index contributed by atoms with van der Waals surface area (Å²) in [7, 11) is 0. The van der Waals surface area contributed by atoms with E-state index in [-0.39, 0.29) is 18.2 Å². The zero-order chi connectivity index (χ0) is 19.4. The van der Waals surface area contributed by atoms with Gasteiger partial charge in [-0.2, -0.15) is 5.10 Å². The number of nitrogens with zero attached hydrogens (tertiary/aromatic N) is 4. The minimum atomic E-state index is -1.02. The number of nitrogens with one attached hydrogen (secondary N) is 1. The van der Waals surface area contributed by atoms with E-state index in [4.69, 9.17) is 22.4 Å². The van der Waals surface area contributed by atoms with Crippen LogP contribution < -0.4 is 21.0 Å². The van der Waals surface area contributed by atoms with E-state index in [1.807, 2.05) is 4.90 Å². The number of hydrogen-bond acceptors (Lipinski definition) is 7. The van der Waals surface area contributed by atoms with Crippen LogP contribution in [-0.4, -0.2) is 54.6 Å². The van der Waals surface area contributed by atoms with Crippen molar-refractivity contribution in [2.45, 2.75) is 0 Å². The molecule has 1 aromatic heterocycles. The normalized spacial score (nSPS) is 15.1. The molecule has 4 N–H and O–H groups in total. The monoisotopic (exact) mass is 412 g/mol. The second-order valence-electron chi connectivity index (χ2n) is 5.80. The maximum Gasteiger partial charge on any atom is 0.324 e. The molecule has 1 aliphatic heterocycles. The SMILES string of the molecule is N/C(=N\NCC(=O)O)c1cnc(N2CCN(c3cc(F)ccc3Cl)CC2)s1. The first-order valence-corrected chi connectivity index (χ1v) is 9.32. The minimum absolute atomic E-state index is 0.185. The number of hydrazone groups is 1. The smallest absolute Gasteiger partial charge is 0.324 e. The Morgan fingerprint density at radius 1 is 1.37 bits per heavy atom. The number of carboxylic acids is 1. The van der Waals surface area contributed by atoms with Crippen molar-refractivity contribution in [1.29, 1.82) is 0 Å². The predicted octanol–water partition coefficient (Wildman–Crippen LogP) is 1.56. The maximum absolute atomic E-state index is 13.5. The number of nitrogens with two attached hydrogens (primary N) is 1. The van der Waals surface area contributed by atoms with Gasteiger partial charge < -0.3 is 20.6 Å². The van der Waals surface area contributed by atoms with Gasteiger partial charge in [-0.1, -0.05) is 22.9 Å². The molecule has 2 heterocycles. The molecule has 1 fully saturated rings. The van der Waals surface area contributed by atoms with Gasteiger partial charge in [0.15, 0.2) is 11.0 Å². The fraction of sp³-hybridized carbons (Fsp3) is 0.312. The van der Waals surface area contributed by atoms with Crippen LogP contribution >= 0.6 is 22.9 Å². The molecule has 144 valence electrons. The average Bonchev–Trinajstić information content (AvgIpc) is 3.14. The van der Waals surface area contributed by atoms with Gasteiger partial charge in [0.25, 0.3) is 0 Å². The number of piperazine rings is 1.